The number of hydrogen-bond acceptors (Lipinski definition) is 2. The summed E-state index contributed by atoms with van der Waals surface area (Å²) in [5.74, 6) is 0.717. The minimum absolute atomic E-state index is 0.155. The van der Waals surface area contributed by atoms with Crippen molar-refractivity contribution < 1.29 is 4.74 Å². The first-order valence-electron chi connectivity index (χ1n) is 5.77. The molecule has 1 atom stereocenters. The predicted octanol–water partition coefficient (Wildman–Crippen LogP) is 4.43. The van der Waals surface area contributed by atoms with Crippen LogP contribution < -0.4 is 4.74 Å². The Kier molecular flexibility index (Phi) is 4.59. The van der Waals surface area contributed by atoms with E-state index in [1.165, 1.54) is 5.56 Å². The second-order valence-corrected chi connectivity index (χ2v) is 5.63. The van der Waals surface area contributed by atoms with Crippen molar-refractivity contribution in [2.45, 2.75) is 45.6 Å². The molecule has 0 N–H and O–H groups in total. The maximum absolute atomic E-state index is 8.72. The molecule has 92 valence electrons. The second kappa shape index (κ2) is 5.55. The molecule has 1 aromatic rings. The van der Waals surface area contributed by atoms with Crippen LogP contribution in [0.15, 0.2) is 22.7 Å². The molecule has 3 heteroatoms. The van der Waals surface area contributed by atoms with Crippen molar-refractivity contribution in [2.24, 2.45) is 0 Å². The third-order valence-corrected chi connectivity index (χ3v) is 3.70. The van der Waals surface area contributed by atoms with Crippen LogP contribution >= 0.6 is 15.9 Å². The average Bonchev–Trinajstić information content (AvgIpc) is 2.31. The Bertz CT molecular complexity index is 434. The highest BCUT2D eigenvalue weighted by molar-refractivity contribution is 9.10. The van der Waals surface area contributed by atoms with Gasteiger partial charge in [0.2, 0.25) is 0 Å². The molecule has 0 aliphatic carbocycles. The van der Waals surface area contributed by atoms with Crippen LogP contribution in [0.5, 0.6) is 5.75 Å². The fourth-order valence-electron chi connectivity index (χ4n) is 1.44. The lowest BCUT2D eigenvalue weighted by molar-refractivity contribution is 0.274. The fourth-order valence-corrected chi connectivity index (χ4v) is 1.91. The van der Waals surface area contributed by atoms with Crippen molar-refractivity contribution in [3.8, 4) is 11.8 Å². The molecule has 0 heterocycles. The Morgan fingerprint density at radius 3 is 2.59 bits per heavy atom. The Hall–Kier alpha value is -1.01. The summed E-state index contributed by atoms with van der Waals surface area (Å²) in [6.45, 7) is 8.34. The van der Waals surface area contributed by atoms with E-state index in [0.717, 1.165) is 16.6 Å². The molecule has 2 nitrogen and oxygen atoms in total. The Labute approximate surface area is 112 Å². The van der Waals surface area contributed by atoms with E-state index in [1.807, 2.05) is 6.07 Å². The lowest BCUT2D eigenvalue weighted by atomic mass is 9.82. The summed E-state index contributed by atoms with van der Waals surface area (Å²) in [4.78, 5) is 0. The van der Waals surface area contributed by atoms with Crippen LogP contribution in [0.3, 0.4) is 0 Å². The van der Waals surface area contributed by atoms with Gasteiger partial charge in [-0.15, -0.1) is 0 Å². The van der Waals surface area contributed by atoms with Gasteiger partial charge < -0.3 is 4.74 Å². The van der Waals surface area contributed by atoms with Crippen LogP contribution in [0.25, 0.3) is 0 Å². The third-order valence-electron chi connectivity index (χ3n) is 3.08. The largest absolute Gasteiger partial charge is 0.475 e. The van der Waals surface area contributed by atoms with Gasteiger partial charge in [-0.3, -0.25) is 0 Å². The molecule has 0 saturated heterocycles. The highest BCUT2D eigenvalue weighted by atomic mass is 79.9. The summed E-state index contributed by atoms with van der Waals surface area (Å²) in [7, 11) is 0. The number of hydrogen-bond donors (Lipinski definition) is 0. The maximum atomic E-state index is 8.72. The monoisotopic (exact) mass is 295 g/mol. The number of nitrogens with zero attached hydrogens (tertiary/aromatic N) is 1. The fraction of sp³-hybridized carbons (Fsp3) is 0.500. The molecule has 0 aliphatic heterocycles. The van der Waals surface area contributed by atoms with E-state index in [9.17, 15) is 0 Å². The molecule has 0 fully saturated rings. The maximum Gasteiger partial charge on any atom is 0.181 e. The number of nitriles is 1. The van der Waals surface area contributed by atoms with E-state index >= 15 is 0 Å². The van der Waals surface area contributed by atoms with Gasteiger partial charge in [-0.25, -0.2) is 0 Å². The summed E-state index contributed by atoms with van der Waals surface area (Å²) >= 11 is 3.49. The smallest absolute Gasteiger partial charge is 0.181 e. The number of benzene rings is 1. The van der Waals surface area contributed by atoms with E-state index in [-0.39, 0.29) is 5.41 Å². The number of ether oxygens (including phenoxy) is 1. The molecule has 0 amide bonds. The third kappa shape index (κ3) is 3.47. The molecule has 0 spiro atoms. The average molecular weight is 296 g/mol. The molecule has 1 rings (SSSR count). The zero-order chi connectivity index (χ0) is 13.1. The van der Waals surface area contributed by atoms with Crippen molar-refractivity contribution >= 4 is 15.9 Å². The number of rotatable bonds is 4. The molecule has 0 bridgehead atoms. The predicted molar refractivity (Wildman–Crippen MR) is 73.2 cm³/mol. The van der Waals surface area contributed by atoms with E-state index in [0.29, 0.717) is 0 Å². The number of halogens is 1. The normalized spacial score (nSPS) is 12.9. The van der Waals surface area contributed by atoms with E-state index in [1.54, 1.807) is 6.92 Å². The lowest BCUT2D eigenvalue weighted by Crippen LogP contribution is -2.15. The molecule has 17 heavy (non-hydrogen) atoms. The van der Waals surface area contributed by atoms with Crippen LogP contribution in [0.2, 0.25) is 0 Å². The minimum atomic E-state index is -0.434. The molecular weight excluding hydrogens is 278 g/mol. The Morgan fingerprint density at radius 1 is 1.47 bits per heavy atom. The lowest BCUT2D eigenvalue weighted by Gasteiger charge is -2.24. The second-order valence-electron chi connectivity index (χ2n) is 4.77. The molecule has 0 saturated carbocycles. The van der Waals surface area contributed by atoms with Gasteiger partial charge in [-0.2, -0.15) is 5.26 Å². The Morgan fingerprint density at radius 2 is 2.12 bits per heavy atom. The first-order valence-corrected chi connectivity index (χ1v) is 6.56. The highest BCUT2D eigenvalue weighted by Gasteiger charge is 2.19. The quantitative estimate of drug-likeness (QED) is 0.823. The van der Waals surface area contributed by atoms with Gasteiger partial charge in [0, 0.05) is 0 Å². The zero-order valence-electron chi connectivity index (χ0n) is 10.7. The summed E-state index contributed by atoms with van der Waals surface area (Å²) in [6, 6.07) is 8.11. The van der Waals surface area contributed by atoms with Crippen LogP contribution in [0, 0.1) is 11.3 Å². The first-order chi connectivity index (χ1) is 7.90. The van der Waals surface area contributed by atoms with Crippen LogP contribution in [0.4, 0.5) is 0 Å². The van der Waals surface area contributed by atoms with Gasteiger partial charge in [0.05, 0.1) is 4.47 Å². The van der Waals surface area contributed by atoms with E-state index in [2.05, 4.69) is 54.9 Å². The zero-order valence-corrected chi connectivity index (χ0v) is 12.3. The van der Waals surface area contributed by atoms with Gasteiger partial charge in [-0.1, -0.05) is 26.8 Å². The van der Waals surface area contributed by atoms with Crippen molar-refractivity contribution in [2.75, 3.05) is 0 Å². The van der Waals surface area contributed by atoms with Crippen molar-refractivity contribution in [1.29, 1.82) is 5.26 Å². The molecule has 0 radical (unpaired) electrons. The standard InChI is InChI=1S/C14H18BrNO/c1-5-14(3,4)11-6-7-13(12(15)8-11)17-10(2)9-16/h6-8,10H,5H2,1-4H3. The van der Waals surface area contributed by atoms with Crippen molar-refractivity contribution in [3.05, 3.63) is 28.2 Å². The highest BCUT2D eigenvalue weighted by Crippen LogP contribution is 2.33. The summed E-state index contributed by atoms with van der Waals surface area (Å²) in [5, 5.41) is 8.72. The van der Waals surface area contributed by atoms with Crippen molar-refractivity contribution in [1.82, 2.24) is 0 Å². The van der Waals surface area contributed by atoms with Gasteiger partial charge >= 0.3 is 0 Å². The van der Waals surface area contributed by atoms with Crippen molar-refractivity contribution in [3.63, 3.8) is 0 Å². The van der Waals surface area contributed by atoms with Crippen LogP contribution in [-0.4, -0.2) is 6.10 Å². The van der Waals surface area contributed by atoms with Gasteiger partial charge in [0.15, 0.2) is 6.10 Å². The van der Waals surface area contributed by atoms with E-state index < -0.39 is 6.10 Å². The van der Waals surface area contributed by atoms with Gasteiger partial charge in [-0.05, 0) is 52.4 Å². The van der Waals surface area contributed by atoms with Crippen LogP contribution in [-0.2, 0) is 5.41 Å². The topological polar surface area (TPSA) is 33.0 Å². The minimum Gasteiger partial charge on any atom is -0.475 e. The van der Waals surface area contributed by atoms with E-state index in [4.69, 9.17) is 10.00 Å². The van der Waals surface area contributed by atoms with Gasteiger partial charge in [0.25, 0.3) is 0 Å². The molecule has 1 unspecified atom stereocenters. The summed E-state index contributed by atoms with van der Waals surface area (Å²) in [6.07, 6.45) is 0.644. The molecular formula is C14H18BrNO. The SMILES string of the molecule is CCC(C)(C)c1ccc(OC(C)C#N)c(Br)c1. The first kappa shape index (κ1) is 14.1. The molecule has 0 aromatic heterocycles. The van der Waals surface area contributed by atoms with Gasteiger partial charge in [0.1, 0.15) is 11.8 Å². The van der Waals surface area contributed by atoms with Crippen LogP contribution in [0.1, 0.15) is 39.7 Å². The Balaban J connectivity index is 2.99. The summed E-state index contributed by atoms with van der Waals surface area (Å²) < 4.78 is 6.39. The summed E-state index contributed by atoms with van der Waals surface area (Å²) in [5.41, 5.74) is 1.42. The molecule has 0 aliphatic rings. The molecule has 1 aromatic carbocycles.